The molecule has 162 valence electrons. The number of hydrogen-bond donors (Lipinski definition) is 2. The third-order valence-corrected chi connectivity index (χ3v) is 5.52. The van der Waals surface area contributed by atoms with Crippen LogP contribution in [0.5, 0.6) is 0 Å². The third kappa shape index (κ3) is 7.01. The second-order valence-electron chi connectivity index (χ2n) is 7.87. The Morgan fingerprint density at radius 2 is 1.70 bits per heavy atom. The van der Waals surface area contributed by atoms with Gasteiger partial charge in [-0.2, -0.15) is 0 Å². The molecule has 0 spiro atoms. The highest BCUT2D eigenvalue weighted by Crippen LogP contribution is 2.21. The molecule has 7 heteroatoms. The summed E-state index contributed by atoms with van der Waals surface area (Å²) < 4.78 is 0. The zero-order valence-electron chi connectivity index (χ0n) is 17.8. The van der Waals surface area contributed by atoms with E-state index in [1.807, 2.05) is 46.1 Å². The fourth-order valence-electron chi connectivity index (χ4n) is 3.08. The molecular weight excluding hydrogens is 421 g/mol. The summed E-state index contributed by atoms with van der Waals surface area (Å²) in [5, 5.41) is 6.50. The summed E-state index contributed by atoms with van der Waals surface area (Å²) in [6.45, 7) is 4.25. The van der Waals surface area contributed by atoms with Crippen molar-refractivity contribution in [2.24, 2.45) is 5.92 Å². The minimum atomic E-state index is -0.677. The quantitative estimate of drug-likeness (QED) is 0.607. The van der Waals surface area contributed by atoms with E-state index in [-0.39, 0.29) is 28.5 Å². The Labute approximate surface area is 188 Å². The minimum absolute atomic E-state index is 0.0908. The molecule has 0 radical (unpaired) electrons. The fourth-order valence-corrected chi connectivity index (χ4v) is 3.57. The molecule has 5 nitrogen and oxygen atoms in total. The molecule has 2 rings (SSSR count). The highest BCUT2D eigenvalue weighted by Gasteiger charge is 2.26. The summed E-state index contributed by atoms with van der Waals surface area (Å²) in [6.07, 6.45) is 0.813. The van der Waals surface area contributed by atoms with E-state index in [0.29, 0.717) is 11.6 Å². The Bertz CT molecular complexity index is 857. The van der Waals surface area contributed by atoms with Gasteiger partial charge in [-0.3, -0.25) is 9.59 Å². The number of amides is 2. The maximum absolute atomic E-state index is 12.9. The fraction of sp³-hybridized carbons (Fsp3) is 0.391. The van der Waals surface area contributed by atoms with Crippen LogP contribution in [0.1, 0.15) is 29.8 Å². The summed E-state index contributed by atoms with van der Waals surface area (Å²) in [5.74, 6) is -0.714. The number of hydrogen-bond acceptors (Lipinski definition) is 3. The van der Waals surface area contributed by atoms with Gasteiger partial charge in [-0.15, -0.1) is 0 Å². The number of nitrogens with zero attached hydrogens (tertiary/aromatic N) is 1. The number of halogens is 2. The molecule has 0 aliphatic heterocycles. The molecule has 30 heavy (non-hydrogen) atoms. The van der Waals surface area contributed by atoms with Crippen molar-refractivity contribution in [2.45, 2.75) is 32.4 Å². The number of likely N-dealkylation sites (N-methyl/N-ethyl adjacent to an activating group) is 1. The Balaban J connectivity index is 2.02. The summed E-state index contributed by atoms with van der Waals surface area (Å²) in [4.78, 5) is 27.6. The maximum Gasteiger partial charge on any atom is 0.253 e. The second-order valence-corrected chi connectivity index (χ2v) is 8.72. The molecule has 0 aliphatic rings. The summed E-state index contributed by atoms with van der Waals surface area (Å²) in [6, 6.07) is 14.3. The zero-order valence-corrected chi connectivity index (χ0v) is 19.3. The lowest BCUT2D eigenvalue weighted by atomic mass is 10.0. The number of carbonyl (C=O) groups excluding carboxylic acids is 2. The van der Waals surface area contributed by atoms with Crippen molar-refractivity contribution in [1.82, 2.24) is 15.5 Å². The van der Waals surface area contributed by atoms with Crippen LogP contribution in [0.3, 0.4) is 0 Å². The van der Waals surface area contributed by atoms with Crippen LogP contribution in [-0.4, -0.2) is 49.4 Å². The molecule has 0 saturated heterocycles. The molecule has 2 atom stereocenters. The van der Waals surface area contributed by atoms with Crippen LogP contribution in [0.15, 0.2) is 48.5 Å². The van der Waals surface area contributed by atoms with Gasteiger partial charge in [0.2, 0.25) is 5.91 Å². The lowest BCUT2D eigenvalue weighted by molar-refractivity contribution is -0.124. The van der Waals surface area contributed by atoms with Crippen molar-refractivity contribution in [1.29, 1.82) is 0 Å². The van der Waals surface area contributed by atoms with Gasteiger partial charge in [0.1, 0.15) is 6.04 Å². The van der Waals surface area contributed by atoms with E-state index in [1.165, 1.54) is 11.6 Å². The predicted molar refractivity (Wildman–Crippen MR) is 123 cm³/mol. The van der Waals surface area contributed by atoms with Crippen molar-refractivity contribution in [3.05, 3.63) is 69.7 Å². The highest BCUT2D eigenvalue weighted by atomic mass is 35.5. The van der Waals surface area contributed by atoms with E-state index in [0.717, 1.165) is 6.42 Å². The molecule has 0 heterocycles. The molecule has 2 aromatic carbocycles. The smallest absolute Gasteiger partial charge is 0.253 e. The first-order chi connectivity index (χ1) is 14.2. The molecule has 0 bridgehead atoms. The van der Waals surface area contributed by atoms with E-state index in [2.05, 4.69) is 27.7 Å². The standard InChI is InChI=1S/C23H29Cl2N3O2/c1-15(2)21(27-22(29)19-11-10-17(24)13-20(19)25)23(30)26-14-18(28(3)4)12-16-8-6-5-7-9-16/h5-11,13,15,18,21H,12,14H2,1-4H3,(H,26,30)(H,27,29). The van der Waals surface area contributed by atoms with Gasteiger partial charge >= 0.3 is 0 Å². The molecule has 0 fully saturated rings. The first kappa shape index (κ1) is 24.2. The van der Waals surface area contributed by atoms with Crippen LogP contribution in [0.4, 0.5) is 0 Å². The van der Waals surface area contributed by atoms with Crippen molar-refractivity contribution in [3.8, 4) is 0 Å². The van der Waals surface area contributed by atoms with Crippen molar-refractivity contribution in [2.75, 3.05) is 20.6 Å². The average molecular weight is 450 g/mol. The van der Waals surface area contributed by atoms with Crippen molar-refractivity contribution < 1.29 is 9.59 Å². The molecule has 2 N–H and O–H groups in total. The Morgan fingerprint density at radius 3 is 2.27 bits per heavy atom. The highest BCUT2D eigenvalue weighted by molar-refractivity contribution is 6.36. The van der Waals surface area contributed by atoms with Gasteiger partial charge in [0.05, 0.1) is 10.6 Å². The third-order valence-electron chi connectivity index (χ3n) is 4.97. The van der Waals surface area contributed by atoms with E-state index in [9.17, 15) is 9.59 Å². The SMILES string of the molecule is CC(C)C(NC(=O)c1ccc(Cl)cc1Cl)C(=O)NCC(Cc1ccccc1)N(C)C. The second kappa shape index (κ2) is 11.3. The van der Waals surface area contributed by atoms with Gasteiger partial charge in [0, 0.05) is 17.6 Å². The zero-order chi connectivity index (χ0) is 22.3. The van der Waals surface area contributed by atoms with Gasteiger partial charge < -0.3 is 15.5 Å². The molecule has 0 aromatic heterocycles. The number of rotatable bonds is 9. The van der Waals surface area contributed by atoms with Gasteiger partial charge in [0.15, 0.2) is 0 Å². The monoisotopic (exact) mass is 449 g/mol. The molecule has 0 aliphatic carbocycles. The van der Waals surface area contributed by atoms with Crippen LogP contribution in [0.25, 0.3) is 0 Å². The summed E-state index contributed by atoms with van der Waals surface area (Å²) in [5.41, 5.74) is 1.49. The average Bonchev–Trinajstić information content (AvgIpc) is 2.69. The summed E-state index contributed by atoms with van der Waals surface area (Å²) >= 11 is 12.0. The van der Waals surface area contributed by atoms with Crippen molar-refractivity contribution in [3.63, 3.8) is 0 Å². The lowest BCUT2D eigenvalue weighted by Crippen LogP contribution is -2.52. The molecular formula is C23H29Cl2N3O2. The minimum Gasteiger partial charge on any atom is -0.353 e. The molecule has 2 unspecified atom stereocenters. The van der Waals surface area contributed by atoms with Gasteiger partial charge in [-0.05, 0) is 50.2 Å². The largest absolute Gasteiger partial charge is 0.353 e. The van der Waals surface area contributed by atoms with Crippen LogP contribution < -0.4 is 10.6 Å². The summed E-state index contributed by atoms with van der Waals surface area (Å²) in [7, 11) is 3.98. The first-order valence-corrected chi connectivity index (χ1v) is 10.7. The number of nitrogens with one attached hydrogen (secondary N) is 2. The van der Waals surface area contributed by atoms with Gasteiger partial charge in [-0.1, -0.05) is 67.4 Å². The van der Waals surface area contributed by atoms with Crippen LogP contribution in [0, 0.1) is 5.92 Å². The van der Waals surface area contributed by atoms with Crippen LogP contribution in [0.2, 0.25) is 10.0 Å². The van der Waals surface area contributed by atoms with E-state index in [4.69, 9.17) is 23.2 Å². The van der Waals surface area contributed by atoms with Crippen LogP contribution >= 0.6 is 23.2 Å². The van der Waals surface area contributed by atoms with E-state index < -0.39 is 11.9 Å². The normalized spacial score (nSPS) is 13.2. The van der Waals surface area contributed by atoms with E-state index >= 15 is 0 Å². The number of benzene rings is 2. The first-order valence-electron chi connectivity index (χ1n) is 9.93. The van der Waals surface area contributed by atoms with E-state index in [1.54, 1.807) is 12.1 Å². The van der Waals surface area contributed by atoms with Gasteiger partial charge in [0.25, 0.3) is 5.91 Å². The Morgan fingerprint density at radius 1 is 1.03 bits per heavy atom. The molecule has 2 aromatic rings. The molecule has 0 saturated carbocycles. The predicted octanol–water partition coefficient (Wildman–Crippen LogP) is 4.04. The topological polar surface area (TPSA) is 61.4 Å². The number of carbonyl (C=O) groups is 2. The Kier molecular flexibility index (Phi) is 9.15. The maximum atomic E-state index is 12.9. The molecule has 2 amide bonds. The van der Waals surface area contributed by atoms with Crippen molar-refractivity contribution >= 4 is 35.0 Å². The van der Waals surface area contributed by atoms with Gasteiger partial charge in [-0.25, -0.2) is 0 Å². The van der Waals surface area contributed by atoms with Crippen LogP contribution in [-0.2, 0) is 11.2 Å². The lowest BCUT2D eigenvalue weighted by Gasteiger charge is -2.27. The Hall–Kier alpha value is -2.08.